The fourth-order valence-corrected chi connectivity index (χ4v) is 2.02. The van der Waals surface area contributed by atoms with Crippen LogP contribution in [0.2, 0.25) is 0 Å². The normalized spacial score (nSPS) is 13.2. The number of nitrogens with zero attached hydrogens (tertiary/aromatic N) is 1. The average molecular weight is 206 g/mol. The largest absolute Gasteiger partial charge is 0.330 e. The molecule has 0 aliphatic rings. The maximum Gasteiger partial charge on any atom is 0.00912 e. The van der Waals surface area contributed by atoms with Gasteiger partial charge in [-0.1, -0.05) is 23.8 Å². The van der Waals surface area contributed by atoms with Gasteiger partial charge in [0.05, 0.1) is 0 Å². The Kier molecular flexibility index (Phi) is 4.30. The maximum absolute atomic E-state index is 5.83. The average Bonchev–Trinajstić information content (AvgIpc) is 2.14. The second-order valence-electron chi connectivity index (χ2n) is 4.55. The molecule has 2 N–H and O–H groups in total. The van der Waals surface area contributed by atoms with Gasteiger partial charge in [0, 0.05) is 19.0 Å². The Hall–Kier alpha value is -0.860. The minimum absolute atomic E-state index is 0.445. The van der Waals surface area contributed by atoms with E-state index in [0.29, 0.717) is 12.5 Å². The highest BCUT2D eigenvalue weighted by atomic mass is 15.1. The highest BCUT2D eigenvalue weighted by molar-refractivity contribution is 5.33. The molecule has 0 saturated heterocycles. The minimum atomic E-state index is 0.445. The van der Waals surface area contributed by atoms with Crippen molar-refractivity contribution in [2.45, 2.75) is 19.8 Å². The lowest BCUT2D eigenvalue weighted by atomic mass is 9.93. The van der Waals surface area contributed by atoms with E-state index >= 15 is 0 Å². The summed E-state index contributed by atoms with van der Waals surface area (Å²) < 4.78 is 0. The first-order chi connectivity index (χ1) is 7.04. The van der Waals surface area contributed by atoms with Crippen LogP contribution in [0.5, 0.6) is 0 Å². The zero-order valence-corrected chi connectivity index (χ0v) is 10.2. The molecule has 2 heteroatoms. The number of hydrogen-bond acceptors (Lipinski definition) is 2. The quantitative estimate of drug-likeness (QED) is 0.815. The van der Waals surface area contributed by atoms with E-state index < -0.39 is 0 Å². The number of aryl methyl sites for hydroxylation is 2. The summed E-state index contributed by atoms with van der Waals surface area (Å²) in [7, 11) is 4.18. The molecule has 0 bridgehead atoms. The molecule has 2 nitrogen and oxygen atoms in total. The summed E-state index contributed by atoms with van der Waals surface area (Å²) in [5.74, 6) is 0.445. The molecule has 0 spiro atoms. The molecule has 0 aliphatic carbocycles. The Morgan fingerprint density at radius 2 is 1.93 bits per heavy atom. The van der Waals surface area contributed by atoms with Crippen LogP contribution in [0.3, 0.4) is 0 Å². The van der Waals surface area contributed by atoms with Gasteiger partial charge in [0.15, 0.2) is 0 Å². The van der Waals surface area contributed by atoms with E-state index in [0.717, 1.165) is 6.54 Å². The second kappa shape index (κ2) is 5.29. The summed E-state index contributed by atoms with van der Waals surface area (Å²) in [6.07, 6.45) is 0. The van der Waals surface area contributed by atoms with Gasteiger partial charge in [0.1, 0.15) is 0 Å². The summed E-state index contributed by atoms with van der Waals surface area (Å²) in [6, 6.07) is 6.61. The van der Waals surface area contributed by atoms with E-state index in [1.807, 2.05) is 0 Å². The van der Waals surface area contributed by atoms with Crippen LogP contribution in [-0.4, -0.2) is 32.1 Å². The molecule has 0 radical (unpaired) electrons. The van der Waals surface area contributed by atoms with Crippen molar-refractivity contribution in [1.82, 2.24) is 4.90 Å². The van der Waals surface area contributed by atoms with Crippen molar-refractivity contribution >= 4 is 0 Å². The lowest BCUT2D eigenvalue weighted by Gasteiger charge is -2.21. The monoisotopic (exact) mass is 206 g/mol. The van der Waals surface area contributed by atoms with E-state index in [9.17, 15) is 0 Å². The van der Waals surface area contributed by atoms with Crippen LogP contribution in [-0.2, 0) is 0 Å². The second-order valence-corrected chi connectivity index (χ2v) is 4.55. The van der Waals surface area contributed by atoms with E-state index in [1.54, 1.807) is 0 Å². The van der Waals surface area contributed by atoms with E-state index in [1.165, 1.54) is 16.7 Å². The predicted molar refractivity (Wildman–Crippen MR) is 66.3 cm³/mol. The van der Waals surface area contributed by atoms with Crippen molar-refractivity contribution in [2.24, 2.45) is 5.73 Å². The Balaban J connectivity index is 2.91. The number of rotatable bonds is 4. The molecule has 0 fully saturated rings. The van der Waals surface area contributed by atoms with Crippen LogP contribution in [0.15, 0.2) is 18.2 Å². The highest BCUT2D eigenvalue weighted by Gasteiger charge is 2.12. The Morgan fingerprint density at radius 1 is 1.27 bits per heavy atom. The lowest BCUT2D eigenvalue weighted by molar-refractivity contribution is 0.375. The van der Waals surface area contributed by atoms with Gasteiger partial charge < -0.3 is 10.6 Å². The first kappa shape index (κ1) is 12.2. The maximum atomic E-state index is 5.83. The Bertz CT molecular complexity index is 318. The van der Waals surface area contributed by atoms with Gasteiger partial charge in [-0.25, -0.2) is 0 Å². The first-order valence-electron chi connectivity index (χ1n) is 5.46. The summed E-state index contributed by atoms with van der Waals surface area (Å²) in [5.41, 5.74) is 9.89. The van der Waals surface area contributed by atoms with Crippen LogP contribution in [0.1, 0.15) is 22.6 Å². The van der Waals surface area contributed by atoms with Gasteiger partial charge in [-0.05, 0) is 39.1 Å². The first-order valence-corrected chi connectivity index (χ1v) is 5.46. The van der Waals surface area contributed by atoms with Gasteiger partial charge >= 0.3 is 0 Å². The van der Waals surface area contributed by atoms with Crippen molar-refractivity contribution < 1.29 is 0 Å². The van der Waals surface area contributed by atoms with Crippen molar-refractivity contribution in [3.8, 4) is 0 Å². The molecule has 15 heavy (non-hydrogen) atoms. The van der Waals surface area contributed by atoms with Crippen molar-refractivity contribution in [1.29, 1.82) is 0 Å². The molecular weight excluding hydrogens is 184 g/mol. The molecule has 0 amide bonds. The molecule has 84 valence electrons. The van der Waals surface area contributed by atoms with Crippen LogP contribution < -0.4 is 5.73 Å². The van der Waals surface area contributed by atoms with Crippen LogP contribution in [0, 0.1) is 13.8 Å². The number of nitrogens with two attached hydrogens (primary N) is 1. The van der Waals surface area contributed by atoms with Crippen molar-refractivity contribution in [3.05, 3.63) is 34.9 Å². The smallest absolute Gasteiger partial charge is 0.00912 e. The number of likely N-dealkylation sites (N-methyl/N-ethyl adjacent to an activating group) is 1. The molecule has 1 unspecified atom stereocenters. The van der Waals surface area contributed by atoms with E-state index in [4.69, 9.17) is 5.73 Å². The molecule has 0 aromatic heterocycles. The van der Waals surface area contributed by atoms with Gasteiger partial charge in [-0.2, -0.15) is 0 Å². The summed E-state index contributed by atoms with van der Waals surface area (Å²) in [6.45, 7) is 6.02. The standard InChI is InChI=1S/C13H22N2/c1-10-5-6-13(11(2)7-10)12(8-14)9-15(3)4/h5-7,12H,8-9,14H2,1-4H3. The van der Waals surface area contributed by atoms with Crippen molar-refractivity contribution in [3.63, 3.8) is 0 Å². The number of benzene rings is 1. The van der Waals surface area contributed by atoms with E-state index in [-0.39, 0.29) is 0 Å². The van der Waals surface area contributed by atoms with Crippen LogP contribution in [0.4, 0.5) is 0 Å². The van der Waals surface area contributed by atoms with Crippen LogP contribution in [0.25, 0.3) is 0 Å². The van der Waals surface area contributed by atoms with Gasteiger partial charge in [0.2, 0.25) is 0 Å². The molecule has 0 aliphatic heterocycles. The molecule has 1 atom stereocenters. The third-order valence-corrected chi connectivity index (χ3v) is 2.74. The van der Waals surface area contributed by atoms with Gasteiger partial charge in [-0.3, -0.25) is 0 Å². The Labute approximate surface area is 93.1 Å². The van der Waals surface area contributed by atoms with Gasteiger partial charge in [-0.15, -0.1) is 0 Å². The topological polar surface area (TPSA) is 29.3 Å². The SMILES string of the molecule is Cc1ccc(C(CN)CN(C)C)c(C)c1. The summed E-state index contributed by atoms with van der Waals surface area (Å²) in [5, 5.41) is 0. The lowest BCUT2D eigenvalue weighted by Crippen LogP contribution is -2.26. The Morgan fingerprint density at radius 3 is 2.40 bits per heavy atom. The molecule has 0 heterocycles. The van der Waals surface area contributed by atoms with Crippen LogP contribution >= 0.6 is 0 Å². The third kappa shape index (κ3) is 3.33. The highest BCUT2D eigenvalue weighted by Crippen LogP contribution is 2.20. The van der Waals surface area contributed by atoms with Crippen molar-refractivity contribution in [2.75, 3.05) is 27.2 Å². The molecule has 1 aromatic rings. The zero-order valence-electron chi connectivity index (χ0n) is 10.2. The fraction of sp³-hybridized carbons (Fsp3) is 0.538. The fourth-order valence-electron chi connectivity index (χ4n) is 2.02. The molecule has 0 saturated carbocycles. The van der Waals surface area contributed by atoms with Gasteiger partial charge in [0.25, 0.3) is 0 Å². The minimum Gasteiger partial charge on any atom is -0.330 e. The molecule has 1 rings (SSSR count). The number of hydrogen-bond donors (Lipinski definition) is 1. The van der Waals surface area contributed by atoms with E-state index in [2.05, 4.69) is 51.0 Å². The molecular formula is C13H22N2. The summed E-state index contributed by atoms with van der Waals surface area (Å²) >= 11 is 0. The third-order valence-electron chi connectivity index (χ3n) is 2.74. The summed E-state index contributed by atoms with van der Waals surface area (Å²) in [4.78, 5) is 2.19. The zero-order chi connectivity index (χ0) is 11.4. The molecule has 1 aromatic carbocycles. The predicted octanol–water partition coefficient (Wildman–Crippen LogP) is 1.91.